The number of benzene rings is 2. The van der Waals surface area contributed by atoms with E-state index in [0.717, 1.165) is 39.2 Å². The summed E-state index contributed by atoms with van der Waals surface area (Å²) >= 11 is 0. The number of hydrogen-bond acceptors (Lipinski definition) is 3. The van der Waals surface area contributed by atoms with E-state index in [4.69, 9.17) is 0 Å². The monoisotopic (exact) mass is 356 g/mol. The molecule has 0 unspecified atom stereocenters. The van der Waals surface area contributed by atoms with Crippen LogP contribution in [0.2, 0.25) is 0 Å². The summed E-state index contributed by atoms with van der Waals surface area (Å²) in [7, 11) is 0. The smallest absolute Gasteiger partial charge is 0.256 e. The molecule has 0 aliphatic rings. The highest BCUT2D eigenvalue weighted by Crippen LogP contribution is 2.22. The van der Waals surface area contributed by atoms with Crippen molar-refractivity contribution in [3.05, 3.63) is 83.3 Å². The molecule has 0 atom stereocenters. The van der Waals surface area contributed by atoms with Crippen molar-refractivity contribution in [2.45, 2.75) is 20.8 Å². The summed E-state index contributed by atoms with van der Waals surface area (Å²) < 4.78 is 1.84. The molecule has 5 heteroatoms. The van der Waals surface area contributed by atoms with E-state index in [1.54, 1.807) is 6.20 Å². The molecule has 2 aromatic heterocycles. The largest absolute Gasteiger partial charge is 0.322 e. The molecule has 0 aliphatic carbocycles. The highest BCUT2D eigenvalue weighted by molar-refractivity contribution is 6.12. The molecule has 4 rings (SSSR count). The Balaban J connectivity index is 1.70. The second-order valence-corrected chi connectivity index (χ2v) is 6.72. The molecule has 27 heavy (non-hydrogen) atoms. The lowest BCUT2D eigenvalue weighted by Crippen LogP contribution is -2.13. The van der Waals surface area contributed by atoms with Crippen LogP contribution in [-0.2, 0) is 0 Å². The summed E-state index contributed by atoms with van der Waals surface area (Å²) in [5.74, 6) is -0.148. The van der Waals surface area contributed by atoms with Gasteiger partial charge in [-0.25, -0.2) is 4.68 Å². The van der Waals surface area contributed by atoms with Crippen molar-refractivity contribution in [1.29, 1.82) is 0 Å². The van der Waals surface area contributed by atoms with E-state index < -0.39 is 0 Å². The van der Waals surface area contributed by atoms with Crippen LogP contribution in [0, 0.1) is 20.8 Å². The average molecular weight is 356 g/mol. The molecule has 0 spiro atoms. The molecule has 2 aromatic carbocycles. The number of anilines is 1. The van der Waals surface area contributed by atoms with Crippen molar-refractivity contribution in [3.8, 4) is 5.69 Å². The van der Waals surface area contributed by atoms with Crippen LogP contribution in [0.3, 0.4) is 0 Å². The summed E-state index contributed by atoms with van der Waals surface area (Å²) in [6.45, 7) is 5.90. The second kappa shape index (κ2) is 6.68. The molecular weight excluding hydrogens is 336 g/mol. The van der Waals surface area contributed by atoms with E-state index in [-0.39, 0.29) is 5.91 Å². The Bertz CT molecular complexity index is 1160. The Labute approximate surface area is 157 Å². The highest BCUT2D eigenvalue weighted by atomic mass is 16.1. The van der Waals surface area contributed by atoms with Crippen molar-refractivity contribution in [1.82, 2.24) is 14.8 Å². The van der Waals surface area contributed by atoms with Gasteiger partial charge in [0.25, 0.3) is 5.91 Å². The number of hydrogen-bond donors (Lipinski definition) is 1. The number of aromatic nitrogens is 3. The van der Waals surface area contributed by atoms with Gasteiger partial charge < -0.3 is 5.32 Å². The van der Waals surface area contributed by atoms with Gasteiger partial charge in [0, 0.05) is 28.7 Å². The zero-order valence-corrected chi connectivity index (χ0v) is 15.5. The Kier molecular flexibility index (Phi) is 4.20. The van der Waals surface area contributed by atoms with Gasteiger partial charge in [0.2, 0.25) is 0 Å². The zero-order valence-electron chi connectivity index (χ0n) is 15.5. The minimum absolute atomic E-state index is 0.148. The molecule has 0 saturated heterocycles. The van der Waals surface area contributed by atoms with Crippen LogP contribution in [0.15, 0.2) is 60.8 Å². The second-order valence-electron chi connectivity index (χ2n) is 6.72. The van der Waals surface area contributed by atoms with Gasteiger partial charge >= 0.3 is 0 Å². The van der Waals surface area contributed by atoms with E-state index in [9.17, 15) is 4.79 Å². The number of aryl methyl sites for hydroxylation is 3. The zero-order chi connectivity index (χ0) is 19.0. The lowest BCUT2D eigenvalue weighted by atomic mass is 10.0. The molecule has 5 nitrogen and oxygen atoms in total. The van der Waals surface area contributed by atoms with Crippen LogP contribution in [0.25, 0.3) is 16.6 Å². The number of nitrogens with zero attached hydrogens (tertiary/aromatic N) is 3. The molecule has 1 N–H and O–H groups in total. The molecule has 0 fully saturated rings. The van der Waals surface area contributed by atoms with Crippen LogP contribution < -0.4 is 5.32 Å². The third kappa shape index (κ3) is 3.31. The Morgan fingerprint density at radius 3 is 2.63 bits per heavy atom. The van der Waals surface area contributed by atoms with Gasteiger partial charge in [0.15, 0.2) is 0 Å². The summed E-state index contributed by atoms with van der Waals surface area (Å²) in [6, 6.07) is 17.4. The summed E-state index contributed by atoms with van der Waals surface area (Å²) in [4.78, 5) is 17.5. The third-order valence-corrected chi connectivity index (χ3v) is 4.52. The lowest BCUT2D eigenvalue weighted by molar-refractivity contribution is 0.102. The van der Waals surface area contributed by atoms with Crippen molar-refractivity contribution >= 4 is 22.5 Å². The number of amides is 1. The van der Waals surface area contributed by atoms with Gasteiger partial charge in [-0.3, -0.25) is 9.78 Å². The van der Waals surface area contributed by atoms with Gasteiger partial charge in [0.05, 0.1) is 16.8 Å². The van der Waals surface area contributed by atoms with Crippen molar-refractivity contribution in [2.75, 3.05) is 5.32 Å². The lowest BCUT2D eigenvalue weighted by Gasteiger charge is -2.11. The van der Waals surface area contributed by atoms with Crippen LogP contribution in [0.4, 0.5) is 5.69 Å². The SMILES string of the molecule is Cc1ccc2nc(C)cc(C(=O)Nc3cccc(-n4nccc4C)c3)c2c1. The quantitative estimate of drug-likeness (QED) is 0.584. The molecule has 0 bridgehead atoms. The molecule has 0 saturated carbocycles. The highest BCUT2D eigenvalue weighted by Gasteiger charge is 2.13. The Morgan fingerprint density at radius 2 is 1.85 bits per heavy atom. The van der Waals surface area contributed by atoms with Crippen molar-refractivity contribution < 1.29 is 4.79 Å². The predicted molar refractivity (Wildman–Crippen MR) is 107 cm³/mol. The predicted octanol–water partition coefficient (Wildman–Crippen LogP) is 4.60. The minimum Gasteiger partial charge on any atom is -0.322 e. The number of nitrogens with one attached hydrogen (secondary N) is 1. The Hall–Kier alpha value is -3.47. The van der Waals surface area contributed by atoms with E-state index in [1.165, 1.54) is 0 Å². The van der Waals surface area contributed by atoms with Crippen LogP contribution in [0.5, 0.6) is 0 Å². The van der Waals surface area contributed by atoms with Crippen LogP contribution >= 0.6 is 0 Å². The van der Waals surface area contributed by atoms with Gasteiger partial charge in [-0.15, -0.1) is 0 Å². The normalized spacial score (nSPS) is 10.9. The molecule has 1 amide bonds. The maximum absolute atomic E-state index is 13.0. The summed E-state index contributed by atoms with van der Waals surface area (Å²) in [5, 5.41) is 8.19. The maximum Gasteiger partial charge on any atom is 0.256 e. The fourth-order valence-corrected chi connectivity index (χ4v) is 3.21. The number of pyridine rings is 1. The first-order chi connectivity index (χ1) is 13.0. The molecule has 134 valence electrons. The molecular formula is C22H20N4O. The summed E-state index contributed by atoms with van der Waals surface area (Å²) in [5.41, 5.74) is 6.03. The van der Waals surface area contributed by atoms with Gasteiger partial charge in [-0.05, 0) is 63.2 Å². The van der Waals surface area contributed by atoms with E-state index in [1.807, 2.05) is 80.1 Å². The van der Waals surface area contributed by atoms with E-state index in [0.29, 0.717) is 5.56 Å². The van der Waals surface area contributed by atoms with E-state index in [2.05, 4.69) is 15.4 Å². The molecule has 0 aliphatic heterocycles. The first kappa shape index (κ1) is 17.0. The third-order valence-electron chi connectivity index (χ3n) is 4.52. The molecule has 2 heterocycles. The fourth-order valence-electron chi connectivity index (χ4n) is 3.21. The summed E-state index contributed by atoms with van der Waals surface area (Å²) in [6.07, 6.45) is 1.76. The molecule has 4 aromatic rings. The maximum atomic E-state index is 13.0. The minimum atomic E-state index is -0.148. The van der Waals surface area contributed by atoms with Gasteiger partial charge in [-0.1, -0.05) is 17.7 Å². The first-order valence-corrected chi connectivity index (χ1v) is 8.82. The number of carbonyl (C=O) groups excluding carboxylic acids is 1. The van der Waals surface area contributed by atoms with Crippen LogP contribution in [-0.4, -0.2) is 20.7 Å². The first-order valence-electron chi connectivity index (χ1n) is 8.82. The number of carbonyl (C=O) groups is 1. The standard InChI is InChI=1S/C22H20N4O/c1-14-7-8-21-19(11-14)20(12-15(2)24-21)22(27)25-17-5-4-6-18(13-17)26-16(3)9-10-23-26/h4-13H,1-3H3,(H,25,27). The molecule has 0 radical (unpaired) electrons. The van der Waals surface area contributed by atoms with Gasteiger partial charge in [-0.2, -0.15) is 5.10 Å². The Morgan fingerprint density at radius 1 is 1.00 bits per heavy atom. The van der Waals surface area contributed by atoms with Crippen molar-refractivity contribution in [3.63, 3.8) is 0 Å². The fraction of sp³-hybridized carbons (Fsp3) is 0.136. The average Bonchev–Trinajstić information content (AvgIpc) is 3.07. The van der Waals surface area contributed by atoms with Crippen LogP contribution in [0.1, 0.15) is 27.3 Å². The topological polar surface area (TPSA) is 59.8 Å². The number of rotatable bonds is 3. The van der Waals surface area contributed by atoms with E-state index >= 15 is 0 Å². The number of fused-ring (bicyclic) bond motifs is 1. The van der Waals surface area contributed by atoms with Crippen molar-refractivity contribution in [2.24, 2.45) is 0 Å². The van der Waals surface area contributed by atoms with Gasteiger partial charge in [0.1, 0.15) is 0 Å².